The van der Waals surface area contributed by atoms with Gasteiger partial charge in [-0.3, -0.25) is 0 Å². The number of ether oxygens (including phenoxy) is 1. The highest BCUT2D eigenvalue weighted by molar-refractivity contribution is 5.25. The number of hydrogen-bond acceptors (Lipinski definition) is 2. The molecule has 15 heavy (non-hydrogen) atoms. The first-order valence-electron chi connectivity index (χ1n) is 5.52. The van der Waals surface area contributed by atoms with Crippen LogP contribution in [0.3, 0.4) is 0 Å². The summed E-state index contributed by atoms with van der Waals surface area (Å²) >= 11 is 0. The minimum Gasteiger partial charge on any atom is -0.379 e. The van der Waals surface area contributed by atoms with E-state index < -0.39 is 0 Å². The molecule has 2 rings (SSSR count). The zero-order valence-electron chi connectivity index (χ0n) is 9.55. The molecule has 1 aliphatic rings. The van der Waals surface area contributed by atoms with Gasteiger partial charge in [-0.1, -0.05) is 0 Å². The normalized spacial score (nSPS) is 19.9. The van der Waals surface area contributed by atoms with Crippen LogP contribution in [0.15, 0.2) is 18.5 Å². The molecule has 3 nitrogen and oxygen atoms in total. The van der Waals surface area contributed by atoms with Gasteiger partial charge in [0.25, 0.3) is 0 Å². The molecule has 0 radical (unpaired) electrons. The van der Waals surface area contributed by atoms with Crippen LogP contribution in [-0.4, -0.2) is 23.7 Å². The number of hydrogen-bond donors (Lipinski definition) is 2. The smallest absolute Gasteiger partial charge is 0.0586 e. The van der Waals surface area contributed by atoms with Gasteiger partial charge in [0.05, 0.1) is 13.2 Å². The third-order valence-electron chi connectivity index (χ3n) is 3.21. The molecule has 84 valence electrons. The van der Waals surface area contributed by atoms with E-state index in [1.54, 1.807) is 0 Å². The first kappa shape index (κ1) is 10.7. The maximum Gasteiger partial charge on any atom is 0.0586 e. The molecular weight excluding hydrogens is 188 g/mol. The standard InChI is InChI=1S/C12H20N2O/c1-11(2,13)4-5-12(8-15-9-12)10-3-6-14-7-10/h3,6-7,14H,4-5,8-9,13H2,1-2H3. The third kappa shape index (κ3) is 2.24. The summed E-state index contributed by atoms with van der Waals surface area (Å²) < 4.78 is 5.37. The fraction of sp³-hybridized carbons (Fsp3) is 0.667. The number of nitrogens with one attached hydrogen (secondary N) is 1. The molecule has 2 heterocycles. The zero-order chi connectivity index (χ0) is 10.9. The van der Waals surface area contributed by atoms with Gasteiger partial charge in [0.15, 0.2) is 0 Å². The number of H-pyrrole nitrogens is 1. The highest BCUT2D eigenvalue weighted by Crippen LogP contribution is 2.37. The molecular formula is C12H20N2O. The van der Waals surface area contributed by atoms with Crippen LogP contribution in [0, 0.1) is 0 Å². The van der Waals surface area contributed by atoms with Crippen LogP contribution in [0.4, 0.5) is 0 Å². The van der Waals surface area contributed by atoms with Gasteiger partial charge in [0.1, 0.15) is 0 Å². The van der Waals surface area contributed by atoms with Crippen LogP contribution >= 0.6 is 0 Å². The van der Waals surface area contributed by atoms with Crippen molar-refractivity contribution in [2.45, 2.75) is 37.6 Å². The van der Waals surface area contributed by atoms with Gasteiger partial charge in [-0.05, 0) is 38.3 Å². The van der Waals surface area contributed by atoms with Gasteiger partial charge >= 0.3 is 0 Å². The Balaban J connectivity index is 2.04. The summed E-state index contributed by atoms with van der Waals surface area (Å²) in [5.41, 5.74) is 7.52. The Morgan fingerprint density at radius 2 is 2.27 bits per heavy atom. The lowest BCUT2D eigenvalue weighted by atomic mass is 9.74. The molecule has 0 aromatic carbocycles. The Hall–Kier alpha value is -0.800. The van der Waals surface area contributed by atoms with E-state index >= 15 is 0 Å². The predicted octanol–water partition coefficient (Wildman–Crippen LogP) is 1.80. The molecule has 0 atom stereocenters. The zero-order valence-corrected chi connectivity index (χ0v) is 9.55. The summed E-state index contributed by atoms with van der Waals surface area (Å²) in [4.78, 5) is 3.11. The molecule has 3 N–H and O–H groups in total. The van der Waals surface area contributed by atoms with Crippen molar-refractivity contribution in [3.8, 4) is 0 Å². The van der Waals surface area contributed by atoms with Crippen molar-refractivity contribution < 1.29 is 4.74 Å². The van der Waals surface area contributed by atoms with Gasteiger partial charge in [0, 0.05) is 23.3 Å². The lowest BCUT2D eigenvalue weighted by molar-refractivity contribution is -0.0668. The van der Waals surface area contributed by atoms with Gasteiger partial charge in [-0.2, -0.15) is 0 Å². The van der Waals surface area contributed by atoms with Crippen LogP contribution in [0.2, 0.25) is 0 Å². The van der Waals surface area contributed by atoms with E-state index in [0.29, 0.717) is 0 Å². The van der Waals surface area contributed by atoms with Crippen molar-refractivity contribution in [2.75, 3.05) is 13.2 Å². The van der Waals surface area contributed by atoms with Crippen molar-refractivity contribution >= 4 is 0 Å². The predicted molar refractivity (Wildman–Crippen MR) is 60.8 cm³/mol. The number of aromatic amines is 1. The number of aromatic nitrogens is 1. The minimum absolute atomic E-state index is 0.0844. The summed E-state index contributed by atoms with van der Waals surface area (Å²) in [7, 11) is 0. The second-order valence-electron chi connectivity index (χ2n) is 5.36. The first-order chi connectivity index (χ1) is 7.02. The van der Waals surface area contributed by atoms with E-state index in [9.17, 15) is 0 Å². The lowest BCUT2D eigenvalue weighted by Gasteiger charge is -2.42. The molecule has 0 aliphatic carbocycles. The number of nitrogens with two attached hydrogens (primary N) is 1. The van der Waals surface area contributed by atoms with Crippen molar-refractivity contribution in [3.63, 3.8) is 0 Å². The maximum absolute atomic E-state index is 6.03. The quantitative estimate of drug-likeness (QED) is 0.792. The van der Waals surface area contributed by atoms with Gasteiger partial charge in [-0.15, -0.1) is 0 Å². The Morgan fingerprint density at radius 3 is 2.67 bits per heavy atom. The van der Waals surface area contributed by atoms with Crippen LogP contribution in [0.1, 0.15) is 32.3 Å². The van der Waals surface area contributed by atoms with E-state index in [0.717, 1.165) is 26.1 Å². The first-order valence-corrected chi connectivity index (χ1v) is 5.52. The van der Waals surface area contributed by atoms with Crippen LogP contribution < -0.4 is 5.73 Å². The lowest BCUT2D eigenvalue weighted by Crippen LogP contribution is -2.48. The summed E-state index contributed by atoms with van der Waals surface area (Å²) in [6.07, 6.45) is 6.19. The second kappa shape index (κ2) is 3.65. The van der Waals surface area contributed by atoms with Gasteiger partial charge in [0.2, 0.25) is 0 Å². The van der Waals surface area contributed by atoms with E-state index in [1.165, 1.54) is 5.56 Å². The van der Waals surface area contributed by atoms with Crippen LogP contribution in [0.5, 0.6) is 0 Å². The molecule has 0 unspecified atom stereocenters. The van der Waals surface area contributed by atoms with Crippen molar-refractivity contribution in [1.29, 1.82) is 0 Å². The van der Waals surface area contributed by atoms with Crippen molar-refractivity contribution in [3.05, 3.63) is 24.0 Å². The van der Waals surface area contributed by atoms with Crippen LogP contribution in [-0.2, 0) is 10.2 Å². The van der Waals surface area contributed by atoms with E-state index in [-0.39, 0.29) is 11.0 Å². The van der Waals surface area contributed by atoms with Crippen molar-refractivity contribution in [1.82, 2.24) is 4.98 Å². The SMILES string of the molecule is CC(C)(N)CCC1(c2cc[nH]c2)COC1. The second-order valence-corrected chi connectivity index (χ2v) is 5.36. The Bertz CT molecular complexity index is 307. The highest BCUT2D eigenvalue weighted by Gasteiger charge is 2.40. The Kier molecular flexibility index (Phi) is 2.61. The van der Waals surface area contributed by atoms with E-state index in [4.69, 9.17) is 10.5 Å². The van der Waals surface area contributed by atoms with Gasteiger partial charge in [-0.25, -0.2) is 0 Å². The Morgan fingerprint density at radius 1 is 1.53 bits per heavy atom. The summed E-state index contributed by atoms with van der Waals surface area (Å²) in [5.74, 6) is 0. The van der Waals surface area contributed by atoms with Gasteiger partial charge < -0.3 is 15.5 Å². The van der Waals surface area contributed by atoms with E-state index in [2.05, 4.69) is 31.1 Å². The molecule has 3 heteroatoms. The molecule has 0 bridgehead atoms. The molecule has 0 saturated carbocycles. The Labute approximate surface area is 91.0 Å². The monoisotopic (exact) mass is 208 g/mol. The molecule has 1 saturated heterocycles. The number of rotatable bonds is 4. The maximum atomic E-state index is 6.03. The fourth-order valence-corrected chi connectivity index (χ4v) is 2.02. The summed E-state index contributed by atoms with van der Waals surface area (Å²) in [6, 6.07) is 2.14. The molecule has 0 amide bonds. The fourth-order valence-electron chi connectivity index (χ4n) is 2.02. The van der Waals surface area contributed by atoms with Crippen LogP contribution in [0.25, 0.3) is 0 Å². The molecule has 1 aromatic heterocycles. The third-order valence-corrected chi connectivity index (χ3v) is 3.21. The topological polar surface area (TPSA) is 51.0 Å². The molecule has 1 fully saturated rings. The van der Waals surface area contributed by atoms with Crippen molar-refractivity contribution in [2.24, 2.45) is 5.73 Å². The summed E-state index contributed by atoms with van der Waals surface area (Å²) in [5, 5.41) is 0. The average molecular weight is 208 g/mol. The molecule has 0 spiro atoms. The highest BCUT2D eigenvalue weighted by atomic mass is 16.5. The average Bonchev–Trinajstić information content (AvgIpc) is 2.53. The minimum atomic E-state index is -0.0844. The van der Waals surface area contributed by atoms with E-state index in [1.807, 2.05) is 6.20 Å². The molecule has 1 aliphatic heterocycles. The molecule has 1 aromatic rings. The largest absolute Gasteiger partial charge is 0.379 e. The summed E-state index contributed by atoms with van der Waals surface area (Å²) in [6.45, 7) is 5.83.